The Morgan fingerprint density at radius 2 is 1.95 bits per heavy atom. The molecule has 0 bridgehead atoms. The number of likely N-dealkylation sites (N-methyl/N-ethyl adjacent to an activating group) is 1. The van der Waals surface area contributed by atoms with E-state index < -0.39 is 0 Å². The molecule has 0 amide bonds. The monoisotopic (exact) mass is 301 g/mol. The first kappa shape index (κ1) is 14.5. The Labute approximate surface area is 131 Å². The lowest BCUT2D eigenvalue weighted by molar-refractivity contribution is 0.721. The Hall–Kier alpha value is -1.39. The SMILES string of the molecule is CCNCCc1sc(N2CCCC2)nc1-c1ccccc1. The Morgan fingerprint density at radius 3 is 2.67 bits per heavy atom. The van der Waals surface area contributed by atoms with Gasteiger partial charge < -0.3 is 10.2 Å². The van der Waals surface area contributed by atoms with Crippen LogP contribution in [0, 0.1) is 0 Å². The summed E-state index contributed by atoms with van der Waals surface area (Å²) in [5.41, 5.74) is 2.42. The minimum Gasteiger partial charge on any atom is -0.348 e. The second kappa shape index (κ2) is 7.05. The number of benzene rings is 1. The van der Waals surface area contributed by atoms with Crippen molar-refractivity contribution in [3.05, 3.63) is 35.2 Å². The van der Waals surface area contributed by atoms with Gasteiger partial charge in [0.25, 0.3) is 0 Å². The molecule has 4 heteroatoms. The molecule has 112 valence electrons. The van der Waals surface area contributed by atoms with Gasteiger partial charge in [-0.1, -0.05) is 37.3 Å². The van der Waals surface area contributed by atoms with Crippen LogP contribution in [0.1, 0.15) is 24.6 Å². The Kier molecular flexibility index (Phi) is 4.88. The Bertz CT molecular complexity index is 559. The Balaban J connectivity index is 1.87. The fourth-order valence-electron chi connectivity index (χ4n) is 2.75. The zero-order valence-corrected chi connectivity index (χ0v) is 13.5. The molecule has 0 spiro atoms. The predicted octanol–water partition coefficient (Wildman–Crippen LogP) is 3.56. The van der Waals surface area contributed by atoms with Gasteiger partial charge in [-0.15, -0.1) is 11.3 Å². The highest BCUT2D eigenvalue weighted by atomic mass is 32.1. The van der Waals surface area contributed by atoms with Gasteiger partial charge in [-0.05, 0) is 25.8 Å². The molecule has 1 saturated heterocycles. The molecule has 3 rings (SSSR count). The molecule has 21 heavy (non-hydrogen) atoms. The zero-order chi connectivity index (χ0) is 14.5. The highest BCUT2D eigenvalue weighted by Gasteiger charge is 2.19. The largest absolute Gasteiger partial charge is 0.348 e. The topological polar surface area (TPSA) is 28.2 Å². The maximum atomic E-state index is 4.96. The first-order valence-electron chi connectivity index (χ1n) is 7.89. The summed E-state index contributed by atoms with van der Waals surface area (Å²) < 4.78 is 0. The third-order valence-electron chi connectivity index (χ3n) is 3.89. The molecule has 1 N–H and O–H groups in total. The minimum atomic E-state index is 1.03. The van der Waals surface area contributed by atoms with Gasteiger partial charge >= 0.3 is 0 Å². The molecule has 1 aliphatic rings. The van der Waals surface area contributed by atoms with Gasteiger partial charge in [-0.3, -0.25) is 0 Å². The lowest BCUT2D eigenvalue weighted by atomic mass is 10.1. The molecule has 2 heterocycles. The number of aromatic nitrogens is 1. The van der Waals surface area contributed by atoms with Crippen LogP contribution in [-0.2, 0) is 6.42 Å². The average molecular weight is 301 g/mol. The molecule has 3 nitrogen and oxygen atoms in total. The molecule has 0 aliphatic carbocycles. The number of nitrogens with one attached hydrogen (secondary N) is 1. The van der Waals surface area contributed by atoms with Crippen LogP contribution < -0.4 is 10.2 Å². The van der Waals surface area contributed by atoms with Crippen molar-refractivity contribution in [3.8, 4) is 11.3 Å². The second-order valence-electron chi connectivity index (χ2n) is 5.43. The van der Waals surface area contributed by atoms with E-state index in [9.17, 15) is 0 Å². The van der Waals surface area contributed by atoms with Crippen LogP contribution in [0.15, 0.2) is 30.3 Å². The number of hydrogen-bond acceptors (Lipinski definition) is 4. The van der Waals surface area contributed by atoms with E-state index in [-0.39, 0.29) is 0 Å². The van der Waals surface area contributed by atoms with Crippen molar-refractivity contribution in [1.82, 2.24) is 10.3 Å². The number of nitrogens with zero attached hydrogens (tertiary/aromatic N) is 2. The van der Waals surface area contributed by atoms with E-state index in [0.717, 1.165) is 32.6 Å². The smallest absolute Gasteiger partial charge is 0.186 e. The molecule has 1 aliphatic heterocycles. The minimum absolute atomic E-state index is 1.03. The molecular weight excluding hydrogens is 278 g/mol. The third-order valence-corrected chi connectivity index (χ3v) is 5.06. The van der Waals surface area contributed by atoms with Crippen molar-refractivity contribution in [2.75, 3.05) is 31.1 Å². The number of rotatable bonds is 6. The quantitative estimate of drug-likeness (QED) is 0.827. The van der Waals surface area contributed by atoms with Gasteiger partial charge in [0.1, 0.15) is 0 Å². The van der Waals surface area contributed by atoms with Crippen molar-refractivity contribution in [2.24, 2.45) is 0 Å². The van der Waals surface area contributed by atoms with Crippen molar-refractivity contribution in [2.45, 2.75) is 26.2 Å². The van der Waals surface area contributed by atoms with Crippen molar-refractivity contribution in [1.29, 1.82) is 0 Å². The molecular formula is C17H23N3S. The molecule has 0 saturated carbocycles. The zero-order valence-electron chi connectivity index (χ0n) is 12.6. The molecule has 1 fully saturated rings. The second-order valence-corrected chi connectivity index (χ2v) is 6.49. The van der Waals surface area contributed by atoms with E-state index in [4.69, 9.17) is 4.98 Å². The third kappa shape index (κ3) is 3.44. The molecule has 0 atom stereocenters. The molecule has 0 unspecified atom stereocenters. The highest BCUT2D eigenvalue weighted by Crippen LogP contribution is 2.34. The molecule has 1 aromatic heterocycles. The van der Waals surface area contributed by atoms with Gasteiger partial charge in [0.2, 0.25) is 0 Å². The molecule has 2 aromatic rings. The predicted molar refractivity (Wildman–Crippen MR) is 91.2 cm³/mol. The van der Waals surface area contributed by atoms with E-state index in [1.54, 1.807) is 0 Å². The van der Waals surface area contributed by atoms with Crippen LogP contribution in [0.25, 0.3) is 11.3 Å². The average Bonchev–Trinajstić information content (AvgIpc) is 3.18. The van der Waals surface area contributed by atoms with E-state index in [1.165, 1.54) is 34.1 Å². The van der Waals surface area contributed by atoms with E-state index >= 15 is 0 Å². The van der Waals surface area contributed by atoms with E-state index in [1.807, 2.05) is 11.3 Å². The van der Waals surface area contributed by atoms with Gasteiger partial charge in [0.05, 0.1) is 5.69 Å². The number of anilines is 1. The molecule has 1 aromatic carbocycles. The van der Waals surface area contributed by atoms with Crippen molar-refractivity contribution >= 4 is 16.5 Å². The van der Waals surface area contributed by atoms with E-state index in [0.29, 0.717) is 0 Å². The standard InChI is InChI=1S/C17H23N3S/c1-2-18-11-10-15-16(14-8-4-3-5-9-14)19-17(21-15)20-12-6-7-13-20/h3-5,8-9,18H,2,6-7,10-13H2,1H3. The summed E-state index contributed by atoms with van der Waals surface area (Å²) in [5, 5.41) is 4.63. The highest BCUT2D eigenvalue weighted by molar-refractivity contribution is 7.16. The summed E-state index contributed by atoms with van der Waals surface area (Å²) in [5.74, 6) is 0. The van der Waals surface area contributed by atoms with Gasteiger partial charge in [-0.2, -0.15) is 0 Å². The van der Waals surface area contributed by atoms with Gasteiger partial charge in [0.15, 0.2) is 5.13 Å². The van der Waals surface area contributed by atoms with Crippen LogP contribution >= 0.6 is 11.3 Å². The van der Waals surface area contributed by atoms with Gasteiger partial charge in [0, 0.05) is 30.1 Å². The maximum Gasteiger partial charge on any atom is 0.186 e. The Morgan fingerprint density at radius 1 is 1.19 bits per heavy atom. The van der Waals surface area contributed by atoms with E-state index in [2.05, 4.69) is 47.5 Å². The summed E-state index contributed by atoms with van der Waals surface area (Å²) in [4.78, 5) is 8.80. The fraction of sp³-hybridized carbons (Fsp3) is 0.471. The fourth-order valence-corrected chi connectivity index (χ4v) is 3.89. The summed E-state index contributed by atoms with van der Waals surface area (Å²) in [6.45, 7) is 6.53. The summed E-state index contributed by atoms with van der Waals surface area (Å²) in [6.07, 6.45) is 3.66. The van der Waals surface area contributed by atoms with Crippen LogP contribution in [0.2, 0.25) is 0 Å². The first-order valence-corrected chi connectivity index (χ1v) is 8.71. The first-order chi connectivity index (χ1) is 10.4. The van der Waals surface area contributed by atoms with Crippen LogP contribution in [0.4, 0.5) is 5.13 Å². The summed E-state index contributed by atoms with van der Waals surface area (Å²) >= 11 is 1.88. The van der Waals surface area contributed by atoms with Crippen LogP contribution in [0.3, 0.4) is 0 Å². The normalized spacial score (nSPS) is 14.8. The maximum absolute atomic E-state index is 4.96. The van der Waals surface area contributed by atoms with Crippen LogP contribution in [0.5, 0.6) is 0 Å². The lowest BCUT2D eigenvalue weighted by Gasteiger charge is -2.12. The summed E-state index contributed by atoms with van der Waals surface area (Å²) in [6, 6.07) is 10.6. The molecule has 0 radical (unpaired) electrons. The van der Waals surface area contributed by atoms with Crippen molar-refractivity contribution < 1.29 is 0 Å². The number of thiazole rings is 1. The lowest BCUT2D eigenvalue weighted by Crippen LogP contribution is -2.17. The van der Waals surface area contributed by atoms with Gasteiger partial charge in [-0.25, -0.2) is 4.98 Å². The van der Waals surface area contributed by atoms with Crippen LogP contribution in [-0.4, -0.2) is 31.2 Å². The van der Waals surface area contributed by atoms with Crippen molar-refractivity contribution in [3.63, 3.8) is 0 Å². The summed E-state index contributed by atoms with van der Waals surface area (Å²) in [7, 11) is 0. The number of hydrogen-bond donors (Lipinski definition) is 1.